The van der Waals surface area contributed by atoms with E-state index in [4.69, 9.17) is 0 Å². The van der Waals surface area contributed by atoms with Crippen LogP contribution in [0.3, 0.4) is 0 Å². The van der Waals surface area contributed by atoms with E-state index in [0.29, 0.717) is 12.5 Å². The highest BCUT2D eigenvalue weighted by Gasteiger charge is 2.39. The number of hydrogen-bond donors (Lipinski definition) is 1. The molecule has 2 aliphatic rings. The largest absolute Gasteiger partial charge is 0.315 e. The minimum atomic E-state index is 0.201. The molecule has 102 valence electrons. The summed E-state index contributed by atoms with van der Waals surface area (Å²) in [6.07, 6.45) is 4.42. The van der Waals surface area contributed by atoms with Crippen LogP contribution in [0, 0.1) is 5.92 Å². The number of amides is 1. The molecular weight excluding hydrogens is 236 g/mol. The number of anilines is 1. The van der Waals surface area contributed by atoms with Crippen LogP contribution in [0.5, 0.6) is 0 Å². The zero-order chi connectivity index (χ0) is 13.4. The van der Waals surface area contributed by atoms with Gasteiger partial charge in [-0.2, -0.15) is 0 Å². The van der Waals surface area contributed by atoms with Crippen LogP contribution in [0.25, 0.3) is 0 Å². The van der Waals surface area contributed by atoms with E-state index >= 15 is 0 Å². The number of rotatable bonds is 4. The number of carbonyl (C=O) groups is 1. The minimum Gasteiger partial charge on any atom is -0.315 e. The van der Waals surface area contributed by atoms with Crippen LogP contribution in [-0.2, 0) is 4.79 Å². The van der Waals surface area contributed by atoms with E-state index in [1.54, 1.807) is 4.90 Å². The minimum absolute atomic E-state index is 0.201. The van der Waals surface area contributed by atoms with Crippen LogP contribution in [0.15, 0.2) is 24.3 Å². The number of fused-ring (bicyclic) bond motifs is 1. The molecule has 19 heavy (non-hydrogen) atoms. The molecule has 0 saturated heterocycles. The SMILES string of the molecule is CCCC1CC1NC1CC(=O)N(C)c2ccccc21. The summed E-state index contributed by atoms with van der Waals surface area (Å²) in [7, 11) is 1.87. The Morgan fingerprint density at radius 2 is 2.16 bits per heavy atom. The predicted octanol–water partition coefficient (Wildman–Crippen LogP) is 2.87. The van der Waals surface area contributed by atoms with E-state index in [9.17, 15) is 4.79 Å². The topological polar surface area (TPSA) is 32.3 Å². The normalized spacial score (nSPS) is 29.3. The van der Waals surface area contributed by atoms with Crippen LogP contribution < -0.4 is 10.2 Å². The van der Waals surface area contributed by atoms with Gasteiger partial charge in [0.25, 0.3) is 0 Å². The van der Waals surface area contributed by atoms with Gasteiger partial charge in [0, 0.05) is 31.2 Å². The van der Waals surface area contributed by atoms with Gasteiger partial charge in [-0.15, -0.1) is 0 Å². The van der Waals surface area contributed by atoms with Crippen molar-refractivity contribution in [3.63, 3.8) is 0 Å². The molecule has 0 spiro atoms. The fraction of sp³-hybridized carbons (Fsp3) is 0.562. The number of hydrogen-bond acceptors (Lipinski definition) is 2. The van der Waals surface area contributed by atoms with Crippen molar-refractivity contribution >= 4 is 11.6 Å². The summed E-state index contributed by atoms with van der Waals surface area (Å²) >= 11 is 0. The first-order chi connectivity index (χ1) is 9.20. The zero-order valence-corrected chi connectivity index (χ0v) is 11.7. The van der Waals surface area contributed by atoms with Crippen LogP contribution in [0.4, 0.5) is 5.69 Å². The molecule has 1 N–H and O–H groups in total. The van der Waals surface area contributed by atoms with Gasteiger partial charge in [0.05, 0.1) is 0 Å². The van der Waals surface area contributed by atoms with E-state index < -0.39 is 0 Å². The standard InChI is InChI=1S/C16H22N2O/c1-3-6-11-9-13(11)17-14-10-16(19)18(2)15-8-5-4-7-12(14)15/h4-5,7-8,11,13-14,17H,3,6,9-10H2,1-2H3. The first-order valence-corrected chi connectivity index (χ1v) is 7.32. The molecule has 1 heterocycles. The molecule has 3 rings (SSSR count). The van der Waals surface area contributed by atoms with E-state index in [0.717, 1.165) is 11.6 Å². The van der Waals surface area contributed by atoms with Gasteiger partial charge >= 0.3 is 0 Å². The van der Waals surface area contributed by atoms with Crippen molar-refractivity contribution in [2.45, 2.75) is 44.7 Å². The fourth-order valence-electron chi connectivity index (χ4n) is 3.19. The van der Waals surface area contributed by atoms with Gasteiger partial charge in [0.1, 0.15) is 0 Å². The summed E-state index contributed by atoms with van der Waals surface area (Å²) in [5.41, 5.74) is 2.33. The lowest BCUT2D eigenvalue weighted by molar-refractivity contribution is -0.119. The summed E-state index contributed by atoms with van der Waals surface area (Å²) in [4.78, 5) is 13.8. The summed E-state index contributed by atoms with van der Waals surface area (Å²) in [6, 6.07) is 9.07. The zero-order valence-electron chi connectivity index (χ0n) is 11.7. The second-order valence-electron chi connectivity index (χ2n) is 5.83. The van der Waals surface area contributed by atoms with E-state index in [-0.39, 0.29) is 11.9 Å². The van der Waals surface area contributed by atoms with Crippen molar-refractivity contribution in [2.24, 2.45) is 5.92 Å². The van der Waals surface area contributed by atoms with Gasteiger partial charge in [0.15, 0.2) is 0 Å². The highest BCUT2D eigenvalue weighted by Crippen LogP contribution is 2.40. The monoisotopic (exact) mass is 258 g/mol. The number of benzene rings is 1. The van der Waals surface area contributed by atoms with Crippen molar-refractivity contribution in [1.29, 1.82) is 0 Å². The van der Waals surface area contributed by atoms with E-state index in [1.165, 1.54) is 24.8 Å². The van der Waals surface area contributed by atoms with Crippen molar-refractivity contribution < 1.29 is 4.79 Å². The summed E-state index contributed by atoms with van der Waals surface area (Å²) in [6.45, 7) is 2.24. The van der Waals surface area contributed by atoms with E-state index in [1.807, 2.05) is 19.2 Å². The van der Waals surface area contributed by atoms with Gasteiger partial charge in [-0.05, 0) is 30.4 Å². The third-order valence-electron chi connectivity index (χ3n) is 4.42. The average Bonchev–Trinajstić information content (AvgIpc) is 3.14. The molecule has 3 unspecified atom stereocenters. The molecule has 0 radical (unpaired) electrons. The molecule has 1 amide bonds. The Labute approximate surface area is 115 Å². The van der Waals surface area contributed by atoms with Crippen molar-refractivity contribution in [3.8, 4) is 0 Å². The van der Waals surface area contributed by atoms with Crippen LogP contribution in [0.1, 0.15) is 44.2 Å². The molecule has 0 bridgehead atoms. The lowest BCUT2D eigenvalue weighted by Gasteiger charge is -2.32. The third-order valence-corrected chi connectivity index (χ3v) is 4.42. The highest BCUT2D eigenvalue weighted by molar-refractivity contribution is 5.96. The Kier molecular flexibility index (Phi) is 3.31. The molecule has 1 saturated carbocycles. The summed E-state index contributed by atoms with van der Waals surface area (Å²) in [5.74, 6) is 1.04. The summed E-state index contributed by atoms with van der Waals surface area (Å²) < 4.78 is 0. The first kappa shape index (κ1) is 12.7. The molecular formula is C16H22N2O. The van der Waals surface area contributed by atoms with Crippen LogP contribution >= 0.6 is 0 Å². The molecule has 1 aliphatic carbocycles. The van der Waals surface area contributed by atoms with Crippen molar-refractivity contribution in [3.05, 3.63) is 29.8 Å². The smallest absolute Gasteiger partial charge is 0.228 e. The Morgan fingerprint density at radius 3 is 2.95 bits per heavy atom. The Bertz CT molecular complexity index is 485. The lowest BCUT2D eigenvalue weighted by atomic mass is 9.96. The molecule has 0 aromatic heterocycles. The lowest BCUT2D eigenvalue weighted by Crippen LogP contribution is -2.38. The molecule has 3 nitrogen and oxygen atoms in total. The van der Waals surface area contributed by atoms with E-state index in [2.05, 4.69) is 24.4 Å². The maximum Gasteiger partial charge on any atom is 0.228 e. The van der Waals surface area contributed by atoms with Crippen LogP contribution in [-0.4, -0.2) is 19.0 Å². The van der Waals surface area contributed by atoms with Crippen LogP contribution in [0.2, 0.25) is 0 Å². The molecule has 1 aromatic rings. The van der Waals surface area contributed by atoms with Gasteiger partial charge < -0.3 is 10.2 Å². The Balaban J connectivity index is 1.76. The Morgan fingerprint density at radius 1 is 1.37 bits per heavy atom. The van der Waals surface area contributed by atoms with Gasteiger partial charge in [-0.3, -0.25) is 4.79 Å². The maximum absolute atomic E-state index is 12.1. The van der Waals surface area contributed by atoms with Crippen molar-refractivity contribution in [1.82, 2.24) is 5.32 Å². The third kappa shape index (κ3) is 2.39. The maximum atomic E-state index is 12.1. The number of nitrogens with zero attached hydrogens (tertiary/aromatic N) is 1. The molecule has 3 heteroatoms. The molecule has 1 fully saturated rings. The van der Waals surface area contributed by atoms with Gasteiger partial charge in [-0.1, -0.05) is 31.5 Å². The number of para-hydroxylation sites is 1. The molecule has 1 aliphatic heterocycles. The number of carbonyl (C=O) groups excluding carboxylic acids is 1. The molecule has 1 aromatic carbocycles. The first-order valence-electron chi connectivity index (χ1n) is 7.32. The predicted molar refractivity (Wildman–Crippen MR) is 77.1 cm³/mol. The van der Waals surface area contributed by atoms with Gasteiger partial charge in [-0.25, -0.2) is 0 Å². The quantitative estimate of drug-likeness (QED) is 0.900. The molecule has 3 atom stereocenters. The highest BCUT2D eigenvalue weighted by atomic mass is 16.2. The number of nitrogens with one attached hydrogen (secondary N) is 1. The Hall–Kier alpha value is -1.35. The van der Waals surface area contributed by atoms with Gasteiger partial charge in [0.2, 0.25) is 5.91 Å². The fourth-order valence-corrected chi connectivity index (χ4v) is 3.19. The summed E-state index contributed by atoms with van der Waals surface area (Å²) in [5, 5.41) is 3.69. The average molecular weight is 258 g/mol. The van der Waals surface area contributed by atoms with Crippen molar-refractivity contribution in [2.75, 3.05) is 11.9 Å². The second kappa shape index (κ2) is 4.97. The second-order valence-corrected chi connectivity index (χ2v) is 5.83.